The molecule has 0 radical (unpaired) electrons. The molecule has 1 fully saturated rings. The van der Waals surface area contributed by atoms with Crippen molar-refractivity contribution in [3.05, 3.63) is 63.6 Å². The number of hydrogen-bond donors (Lipinski definition) is 1. The van der Waals surface area contributed by atoms with Gasteiger partial charge in [-0.05, 0) is 29.2 Å². The van der Waals surface area contributed by atoms with E-state index in [0.29, 0.717) is 37.4 Å². The number of hydrogen-bond acceptors (Lipinski definition) is 4. The Balaban J connectivity index is 1.83. The average Bonchev–Trinajstić information content (AvgIpc) is 2.70. The van der Waals surface area contributed by atoms with E-state index in [9.17, 15) is 14.4 Å². The van der Waals surface area contributed by atoms with Crippen LogP contribution in [0.1, 0.15) is 47.1 Å². The largest absolute Gasteiger partial charge is 0.378 e. The highest BCUT2D eigenvalue weighted by Gasteiger charge is 2.21. The summed E-state index contributed by atoms with van der Waals surface area (Å²) in [7, 11) is 1.56. The van der Waals surface area contributed by atoms with E-state index < -0.39 is 5.91 Å². The maximum Gasteiger partial charge on any atom is 0.274 e. The van der Waals surface area contributed by atoms with Crippen LogP contribution < -0.4 is 10.9 Å². The third kappa shape index (κ3) is 4.74. The molecule has 0 spiro atoms. The SMILES string of the molecule is Cn1cc(C(=O)N2CCOCC2)cc(NC(=O)c2ccc(C(C)(C)C)cc2)c1=O. The van der Waals surface area contributed by atoms with Crippen molar-refractivity contribution in [2.24, 2.45) is 7.05 Å². The number of nitrogens with one attached hydrogen (secondary N) is 1. The first-order valence-corrected chi connectivity index (χ1v) is 9.66. The van der Waals surface area contributed by atoms with Gasteiger partial charge in [-0.15, -0.1) is 0 Å². The van der Waals surface area contributed by atoms with E-state index in [-0.39, 0.29) is 22.6 Å². The topological polar surface area (TPSA) is 80.6 Å². The average molecular weight is 397 g/mol. The summed E-state index contributed by atoms with van der Waals surface area (Å²) in [6, 6.07) is 8.74. The van der Waals surface area contributed by atoms with Crippen molar-refractivity contribution in [1.29, 1.82) is 0 Å². The van der Waals surface area contributed by atoms with E-state index in [1.165, 1.54) is 16.8 Å². The van der Waals surface area contributed by atoms with Crippen LogP contribution in [0.4, 0.5) is 5.69 Å². The molecular weight excluding hydrogens is 370 g/mol. The van der Waals surface area contributed by atoms with Crippen molar-refractivity contribution < 1.29 is 14.3 Å². The number of carbonyl (C=O) groups excluding carboxylic acids is 2. The summed E-state index contributed by atoms with van der Waals surface area (Å²) in [5, 5.41) is 2.66. The molecule has 0 saturated carbocycles. The minimum Gasteiger partial charge on any atom is -0.378 e. The van der Waals surface area contributed by atoms with Crippen LogP contribution in [0, 0.1) is 0 Å². The smallest absolute Gasteiger partial charge is 0.274 e. The molecule has 3 rings (SSSR count). The second-order valence-electron chi connectivity index (χ2n) is 8.24. The molecule has 1 aliphatic rings. The molecule has 1 saturated heterocycles. The Morgan fingerprint density at radius 1 is 1.03 bits per heavy atom. The molecule has 7 nitrogen and oxygen atoms in total. The lowest BCUT2D eigenvalue weighted by atomic mass is 9.87. The molecule has 2 amide bonds. The predicted molar refractivity (Wildman–Crippen MR) is 112 cm³/mol. The molecule has 0 unspecified atom stereocenters. The molecule has 0 aliphatic carbocycles. The number of anilines is 1. The molecule has 1 aliphatic heterocycles. The van der Waals surface area contributed by atoms with Gasteiger partial charge < -0.3 is 19.5 Å². The van der Waals surface area contributed by atoms with Crippen LogP contribution in [-0.2, 0) is 17.2 Å². The van der Waals surface area contributed by atoms with Crippen molar-refractivity contribution >= 4 is 17.5 Å². The molecule has 2 aromatic rings. The number of aromatic nitrogens is 1. The van der Waals surface area contributed by atoms with Gasteiger partial charge in [0.15, 0.2) is 0 Å². The van der Waals surface area contributed by atoms with Crippen LogP contribution in [0.15, 0.2) is 41.3 Å². The summed E-state index contributed by atoms with van der Waals surface area (Å²) < 4.78 is 6.59. The van der Waals surface area contributed by atoms with Crippen LogP contribution in [0.5, 0.6) is 0 Å². The van der Waals surface area contributed by atoms with Gasteiger partial charge in [-0.2, -0.15) is 0 Å². The third-order valence-corrected chi connectivity index (χ3v) is 4.99. The summed E-state index contributed by atoms with van der Waals surface area (Å²) in [6.07, 6.45) is 1.49. The summed E-state index contributed by atoms with van der Waals surface area (Å²) in [5.41, 5.74) is 1.61. The van der Waals surface area contributed by atoms with Crippen LogP contribution in [0.25, 0.3) is 0 Å². The Bertz CT molecular complexity index is 965. The van der Waals surface area contributed by atoms with Crippen LogP contribution in [0.3, 0.4) is 0 Å². The van der Waals surface area contributed by atoms with Gasteiger partial charge in [-0.25, -0.2) is 0 Å². The predicted octanol–water partition coefficient (Wildman–Crippen LogP) is 2.41. The molecule has 7 heteroatoms. The number of aryl methyl sites for hydroxylation is 1. The zero-order chi connectivity index (χ0) is 21.2. The fourth-order valence-corrected chi connectivity index (χ4v) is 3.18. The maximum absolute atomic E-state index is 12.7. The minimum absolute atomic E-state index is 0.0148. The first-order valence-electron chi connectivity index (χ1n) is 9.66. The van der Waals surface area contributed by atoms with Crippen molar-refractivity contribution in [2.75, 3.05) is 31.6 Å². The number of nitrogens with zero attached hydrogens (tertiary/aromatic N) is 2. The zero-order valence-electron chi connectivity index (χ0n) is 17.3. The number of benzene rings is 1. The van der Waals surface area contributed by atoms with Gasteiger partial charge in [0.25, 0.3) is 17.4 Å². The van der Waals surface area contributed by atoms with Crippen molar-refractivity contribution in [3.8, 4) is 0 Å². The third-order valence-electron chi connectivity index (χ3n) is 4.99. The summed E-state index contributed by atoms with van der Waals surface area (Å²) in [4.78, 5) is 39.6. The Hall–Kier alpha value is -2.93. The summed E-state index contributed by atoms with van der Waals surface area (Å²) in [5.74, 6) is -0.576. The molecule has 0 bridgehead atoms. The number of carbonyl (C=O) groups is 2. The second-order valence-corrected chi connectivity index (χ2v) is 8.24. The van der Waals surface area contributed by atoms with E-state index in [0.717, 1.165) is 5.56 Å². The Kier molecular flexibility index (Phi) is 5.88. The molecular formula is C22H27N3O4. The lowest BCUT2D eigenvalue weighted by Crippen LogP contribution is -2.41. The first-order chi connectivity index (χ1) is 13.7. The molecule has 0 atom stereocenters. The highest BCUT2D eigenvalue weighted by Crippen LogP contribution is 2.22. The fraction of sp³-hybridized carbons (Fsp3) is 0.409. The van der Waals surface area contributed by atoms with E-state index >= 15 is 0 Å². The first kappa shape index (κ1) is 20.8. The Labute approximate surface area is 170 Å². The quantitative estimate of drug-likeness (QED) is 0.863. The zero-order valence-corrected chi connectivity index (χ0v) is 17.3. The standard InChI is InChI=1S/C22H27N3O4/c1-22(2,3)17-7-5-15(6-8-17)19(26)23-18-13-16(14-24(4)21(18)28)20(27)25-9-11-29-12-10-25/h5-8,13-14H,9-12H2,1-4H3,(H,23,26). The van der Waals surface area contributed by atoms with E-state index in [1.54, 1.807) is 24.1 Å². The van der Waals surface area contributed by atoms with Crippen molar-refractivity contribution in [2.45, 2.75) is 26.2 Å². The van der Waals surface area contributed by atoms with Gasteiger partial charge in [0.05, 0.1) is 18.8 Å². The van der Waals surface area contributed by atoms with Gasteiger partial charge in [-0.1, -0.05) is 32.9 Å². The van der Waals surface area contributed by atoms with Crippen molar-refractivity contribution in [3.63, 3.8) is 0 Å². The molecule has 2 heterocycles. The highest BCUT2D eigenvalue weighted by atomic mass is 16.5. The fourth-order valence-electron chi connectivity index (χ4n) is 3.18. The number of ether oxygens (including phenoxy) is 1. The molecule has 1 N–H and O–H groups in total. The van der Waals surface area contributed by atoms with Gasteiger partial charge >= 0.3 is 0 Å². The van der Waals surface area contributed by atoms with Gasteiger partial charge in [0.2, 0.25) is 0 Å². The van der Waals surface area contributed by atoms with E-state index in [1.807, 2.05) is 12.1 Å². The monoisotopic (exact) mass is 397 g/mol. The van der Waals surface area contributed by atoms with Crippen LogP contribution >= 0.6 is 0 Å². The normalized spacial score (nSPS) is 14.6. The van der Waals surface area contributed by atoms with Crippen LogP contribution in [0.2, 0.25) is 0 Å². The molecule has 154 valence electrons. The van der Waals surface area contributed by atoms with Gasteiger partial charge in [0, 0.05) is 31.9 Å². The number of amides is 2. The number of rotatable bonds is 3. The van der Waals surface area contributed by atoms with E-state index in [4.69, 9.17) is 4.74 Å². The van der Waals surface area contributed by atoms with Gasteiger partial charge in [-0.3, -0.25) is 14.4 Å². The Morgan fingerprint density at radius 3 is 2.24 bits per heavy atom. The number of morpholine rings is 1. The van der Waals surface area contributed by atoms with Crippen LogP contribution in [-0.4, -0.2) is 47.6 Å². The molecule has 1 aromatic carbocycles. The minimum atomic E-state index is -0.390. The maximum atomic E-state index is 12.7. The molecule has 1 aromatic heterocycles. The van der Waals surface area contributed by atoms with Gasteiger partial charge in [0.1, 0.15) is 5.69 Å². The highest BCUT2D eigenvalue weighted by molar-refractivity contribution is 6.05. The summed E-state index contributed by atoms with van der Waals surface area (Å²) in [6.45, 7) is 8.29. The number of pyridine rings is 1. The Morgan fingerprint density at radius 2 is 1.66 bits per heavy atom. The van der Waals surface area contributed by atoms with E-state index in [2.05, 4.69) is 26.1 Å². The molecule has 29 heavy (non-hydrogen) atoms. The summed E-state index contributed by atoms with van der Waals surface area (Å²) >= 11 is 0. The van der Waals surface area contributed by atoms with Crippen molar-refractivity contribution in [1.82, 2.24) is 9.47 Å². The lowest BCUT2D eigenvalue weighted by Gasteiger charge is -2.27. The second kappa shape index (κ2) is 8.21. The lowest BCUT2D eigenvalue weighted by molar-refractivity contribution is 0.0302.